The lowest BCUT2D eigenvalue weighted by molar-refractivity contribution is -0.135. The van der Waals surface area contributed by atoms with Crippen LogP contribution in [0.4, 0.5) is 5.69 Å². The van der Waals surface area contributed by atoms with E-state index in [0.29, 0.717) is 25.2 Å². The van der Waals surface area contributed by atoms with Crippen molar-refractivity contribution in [3.05, 3.63) is 131 Å². The number of carbonyl (C=O) groups excluding carboxylic acids is 2. The Labute approximate surface area is 234 Å². The highest BCUT2D eigenvalue weighted by molar-refractivity contribution is 7.92. The van der Waals surface area contributed by atoms with Crippen LogP contribution in [0, 0.1) is 0 Å². The molecular formula is C32H30N2O5S. The van der Waals surface area contributed by atoms with E-state index in [1.54, 1.807) is 11.0 Å². The van der Waals surface area contributed by atoms with E-state index in [9.17, 15) is 18.0 Å². The maximum absolute atomic E-state index is 13.6. The number of esters is 1. The second kappa shape index (κ2) is 11.8. The Balaban J connectivity index is 1.30. The lowest BCUT2D eigenvalue weighted by atomic mass is 10.1. The molecule has 0 aliphatic carbocycles. The third-order valence-corrected chi connectivity index (χ3v) is 8.81. The highest BCUT2D eigenvalue weighted by Crippen LogP contribution is 2.36. The number of rotatable bonds is 9. The molecule has 0 aromatic heterocycles. The molecule has 1 heterocycles. The van der Waals surface area contributed by atoms with Gasteiger partial charge in [-0.25, -0.2) is 13.2 Å². The highest BCUT2D eigenvalue weighted by Gasteiger charge is 2.36. The molecule has 0 spiro atoms. The number of carbonyl (C=O) groups is 2. The molecule has 4 aromatic carbocycles. The van der Waals surface area contributed by atoms with Crippen molar-refractivity contribution in [1.29, 1.82) is 0 Å². The van der Waals surface area contributed by atoms with E-state index in [1.165, 1.54) is 28.6 Å². The molecule has 7 nitrogen and oxygen atoms in total. The van der Waals surface area contributed by atoms with Gasteiger partial charge in [-0.1, -0.05) is 84.9 Å². The second-order valence-corrected chi connectivity index (χ2v) is 11.6. The topological polar surface area (TPSA) is 84.0 Å². The molecule has 1 atom stereocenters. The summed E-state index contributed by atoms with van der Waals surface area (Å²) >= 11 is 0. The summed E-state index contributed by atoms with van der Waals surface area (Å²) < 4.78 is 34.0. The van der Waals surface area contributed by atoms with Crippen LogP contribution < -0.4 is 4.31 Å². The summed E-state index contributed by atoms with van der Waals surface area (Å²) in [5.74, 6) is -1.12. The van der Waals surface area contributed by atoms with Crippen LogP contribution >= 0.6 is 0 Å². The average Bonchev–Trinajstić information content (AvgIpc) is 3.33. The molecule has 4 aromatic rings. The summed E-state index contributed by atoms with van der Waals surface area (Å²) in [7, 11) is -3.92. The van der Waals surface area contributed by atoms with Crippen molar-refractivity contribution in [2.45, 2.75) is 37.4 Å². The first-order valence-electron chi connectivity index (χ1n) is 13.1. The maximum Gasteiger partial charge on any atom is 0.338 e. The molecule has 0 N–H and O–H groups in total. The monoisotopic (exact) mass is 554 g/mol. The van der Waals surface area contributed by atoms with Gasteiger partial charge in [0.2, 0.25) is 0 Å². The molecule has 0 bridgehead atoms. The minimum Gasteiger partial charge on any atom is -0.452 e. The number of benzene rings is 4. The van der Waals surface area contributed by atoms with Crippen LogP contribution in [0.5, 0.6) is 0 Å². The minimum atomic E-state index is -3.92. The zero-order valence-corrected chi connectivity index (χ0v) is 23.0. The van der Waals surface area contributed by atoms with Gasteiger partial charge in [0, 0.05) is 19.1 Å². The number of sulfonamides is 1. The molecule has 1 unspecified atom stereocenters. The zero-order chi connectivity index (χ0) is 28.1. The van der Waals surface area contributed by atoms with Crippen LogP contribution in [-0.2, 0) is 39.1 Å². The maximum atomic E-state index is 13.6. The zero-order valence-electron chi connectivity index (χ0n) is 22.1. The Kier molecular flexibility index (Phi) is 7.98. The summed E-state index contributed by atoms with van der Waals surface area (Å²) in [4.78, 5) is 27.8. The Morgan fingerprint density at radius 1 is 0.825 bits per heavy atom. The van der Waals surface area contributed by atoms with Crippen molar-refractivity contribution in [1.82, 2.24) is 4.90 Å². The van der Waals surface area contributed by atoms with E-state index in [0.717, 1.165) is 16.7 Å². The SMILES string of the molecule is CC1Cc2ccccc2N1S(=O)(=O)c1cccc(C(=O)OCC(=O)N(Cc2ccccc2)Cc2ccccc2)c1. The van der Waals surface area contributed by atoms with Crippen LogP contribution in [0.1, 0.15) is 34.0 Å². The third kappa shape index (κ3) is 5.92. The second-order valence-electron chi connectivity index (χ2n) is 9.81. The first kappa shape index (κ1) is 27.1. The Morgan fingerprint density at radius 2 is 1.43 bits per heavy atom. The van der Waals surface area contributed by atoms with Crippen molar-refractivity contribution in [2.75, 3.05) is 10.9 Å². The summed E-state index contributed by atoms with van der Waals surface area (Å²) in [6, 6.07) is 32.1. The molecular weight excluding hydrogens is 524 g/mol. The van der Waals surface area contributed by atoms with Gasteiger partial charge in [0.15, 0.2) is 6.61 Å². The Hall–Kier alpha value is -4.43. The molecule has 0 radical (unpaired) electrons. The number of ether oxygens (including phenoxy) is 1. The number of hydrogen-bond acceptors (Lipinski definition) is 5. The quantitative estimate of drug-likeness (QED) is 0.265. The summed E-state index contributed by atoms with van der Waals surface area (Å²) in [6.07, 6.45) is 0.613. The van der Waals surface area contributed by atoms with E-state index in [2.05, 4.69) is 0 Å². The van der Waals surface area contributed by atoms with Crippen LogP contribution in [0.3, 0.4) is 0 Å². The van der Waals surface area contributed by atoms with Crippen molar-refractivity contribution in [3.8, 4) is 0 Å². The molecule has 8 heteroatoms. The van der Waals surface area contributed by atoms with Gasteiger partial charge in [-0.15, -0.1) is 0 Å². The molecule has 0 fully saturated rings. The molecule has 1 amide bonds. The van der Waals surface area contributed by atoms with E-state index >= 15 is 0 Å². The standard InChI is InChI=1S/C32H30N2O5S/c1-24-19-27-15-8-9-18-30(27)34(24)40(37,38)29-17-10-16-28(20-29)32(36)39-23-31(35)33(21-25-11-4-2-5-12-25)22-26-13-6-3-7-14-26/h2-18,20,24H,19,21-23H2,1H3. The lowest BCUT2D eigenvalue weighted by Crippen LogP contribution is -2.35. The minimum absolute atomic E-state index is 0.00777. The molecule has 1 aliphatic rings. The fourth-order valence-electron chi connectivity index (χ4n) is 4.94. The highest BCUT2D eigenvalue weighted by atomic mass is 32.2. The number of para-hydroxylation sites is 1. The number of anilines is 1. The predicted molar refractivity (Wildman–Crippen MR) is 153 cm³/mol. The molecule has 40 heavy (non-hydrogen) atoms. The molecule has 5 rings (SSSR count). The average molecular weight is 555 g/mol. The van der Waals surface area contributed by atoms with Crippen LogP contribution in [0.2, 0.25) is 0 Å². The number of fused-ring (bicyclic) bond motifs is 1. The van der Waals surface area contributed by atoms with Gasteiger partial charge in [0.05, 0.1) is 16.1 Å². The Bertz CT molecular complexity index is 1570. The number of nitrogens with zero attached hydrogens (tertiary/aromatic N) is 2. The lowest BCUT2D eigenvalue weighted by Gasteiger charge is -2.24. The van der Waals surface area contributed by atoms with Crippen LogP contribution in [0.15, 0.2) is 114 Å². The smallest absolute Gasteiger partial charge is 0.338 e. The van der Waals surface area contributed by atoms with Crippen LogP contribution in [-0.4, -0.2) is 37.8 Å². The summed E-state index contributed by atoms with van der Waals surface area (Å²) in [5, 5.41) is 0. The normalized spacial score (nSPS) is 14.4. The van der Waals surface area contributed by atoms with Gasteiger partial charge in [-0.3, -0.25) is 9.10 Å². The largest absolute Gasteiger partial charge is 0.452 e. The molecule has 0 saturated carbocycles. The van der Waals surface area contributed by atoms with E-state index in [1.807, 2.05) is 85.8 Å². The van der Waals surface area contributed by atoms with E-state index < -0.39 is 22.6 Å². The van der Waals surface area contributed by atoms with Gasteiger partial charge in [0.1, 0.15) is 0 Å². The van der Waals surface area contributed by atoms with E-state index in [4.69, 9.17) is 4.74 Å². The van der Waals surface area contributed by atoms with Gasteiger partial charge in [0.25, 0.3) is 15.9 Å². The predicted octanol–water partition coefficient (Wildman–Crippen LogP) is 5.21. The fourth-order valence-corrected chi connectivity index (χ4v) is 6.68. The number of hydrogen-bond donors (Lipinski definition) is 0. The Morgan fingerprint density at radius 3 is 2.08 bits per heavy atom. The van der Waals surface area contributed by atoms with Gasteiger partial charge in [-0.2, -0.15) is 0 Å². The van der Waals surface area contributed by atoms with Gasteiger partial charge >= 0.3 is 5.97 Å². The molecule has 1 aliphatic heterocycles. The van der Waals surface area contributed by atoms with Crippen molar-refractivity contribution >= 4 is 27.6 Å². The van der Waals surface area contributed by atoms with Crippen molar-refractivity contribution in [2.24, 2.45) is 0 Å². The van der Waals surface area contributed by atoms with Crippen molar-refractivity contribution < 1.29 is 22.7 Å². The summed E-state index contributed by atoms with van der Waals surface area (Å²) in [5.41, 5.74) is 3.57. The van der Waals surface area contributed by atoms with Crippen LogP contribution in [0.25, 0.3) is 0 Å². The number of amides is 1. The van der Waals surface area contributed by atoms with Gasteiger partial charge < -0.3 is 9.64 Å². The van der Waals surface area contributed by atoms with Crippen molar-refractivity contribution in [3.63, 3.8) is 0 Å². The summed E-state index contributed by atoms with van der Waals surface area (Å²) in [6.45, 7) is 2.11. The first-order chi connectivity index (χ1) is 19.3. The fraction of sp³-hybridized carbons (Fsp3) is 0.188. The molecule has 0 saturated heterocycles. The molecule has 204 valence electrons. The third-order valence-electron chi connectivity index (χ3n) is 6.88. The van der Waals surface area contributed by atoms with Gasteiger partial charge in [-0.05, 0) is 54.3 Å². The first-order valence-corrected chi connectivity index (χ1v) is 14.5. The van der Waals surface area contributed by atoms with E-state index in [-0.39, 0.29) is 22.4 Å².